The van der Waals surface area contributed by atoms with Crippen molar-refractivity contribution in [1.29, 1.82) is 0 Å². The number of anilines is 2. The van der Waals surface area contributed by atoms with Gasteiger partial charge < -0.3 is 10.2 Å². The molecule has 0 saturated carbocycles. The van der Waals surface area contributed by atoms with Gasteiger partial charge in [0.15, 0.2) is 0 Å². The predicted octanol–water partition coefficient (Wildman–Crippen LogP) is 2.89. The maximum Gasteiger partial charge on any atom is 0.270 e. The SMILES string of the molecule is O=C(NCc1ccccn1)c1ccnc(N2CCCc3ccccc32)n1. The largest absolute Gasteiger partial charge is 0.345 e. The number of nitrogens with one attached hydrogen (secondary N) is 1. The molecule has 0 bridgehead atoms. The van der Waals surface area contributed by atoms with Crippen LogP contribution in [0.25, 0.3) is 0 Å². The summed E-state index contributed by atoms with van der Waals surface area (Å²) < 4.78 is 0. The summed E-state index contributed by atoms with van der Waals surface area (Å²) in [5, 5.41) is 2.85. The molecule has 1 aromatic carbocycles. The van der Waals surface area contributed by atoms with Gasteiger partial charge in [-0.15, -0.1) is 0 Å². The third kappa shape index (κ3) is 3.39. The van der Waals surface area contributed by atoms with Crippen molar-refractivity contribution < 1.29 is 4.79 Å². The summed E-state index contributed by atoms with van der Waals surface area (Å²) in [6.07, 6.45) is 5.43. The van der Waals surface area contributed by atoms with Crippen LogP contribution in [-0.2, 0) is 13.0 Å². The van der Waals surface area contributed by atoms with Crippen molar-refractivity contribution in [3.05, 3.63) is 77.9 Å². The molecule has 6 heteroatoms. The van der Waals surface area contributed by atoms with Crippen molar-refractivity contribution in [1.82, 2.24) is 20.3 Å². The number of nitrogens with zero attached hydrogens (tertiary/aromatic N) is 4. The minimum atomic E-state index is -0.232. The highest BCUT2D eigenvalue weighted by Crippen LogP contribution is 2.31. The number of aromatic nitrogens is 3. The molecular weight excluding hydrogens is 326 g/mol. The molecule has 26 heavy (non-hydrogen) atoms. The van der Waals surface area contributed by atoms with Crippen molar-refractivity contribution in [2.75, 3.05) is 11.4 Å². The van der Waals surface area contributed by atoms with Crippen LogP contribution < -0.4 is 10.2 Å². The number of hydrogen-bond donors (Lipinski definition) is 1. The summed E-state index contributed by atoms with van der Waals surface area (Å²) in [4.78, 5) is 27.6. The lowest BCUT2D eigenvalue weighted by atomic mass is 10.0. The Balaban J connectivity index is 1.53. The van der Waals surface area contributed by atoms with Crippen molar-refractivity contribution in [2.45, 2.75) is 19.4 Å². The summed E-state index contributed by atoms with van der Waals surface area (Å²) in [5.74, 6) is 0.326. The lowest BCUT2D eigenvalue weighted by Crippen LogP contribution is -2.28. The fourth-order valence-corrected chi connectivity index (χ4v) is 3.11. The van der Waals surface area contributed by atoms with Gasteiger partial charge in [0.1, 0.15) is 5.69 Å². The summed E-state index contributed by atoms with van der Waals surface area (Å²) in [6.45, 7) is 1.21. The molecule has 1 aliphatic heterocycles. The van der Waals surface area contributed by atoms with Crippen LogP contribution >= 0.6 is 0 Å². The lowest BCUT2D eigenvalue weighted by molar-refractivity contribution is 0.0945. The van der Waals surface area contributed by atoms with Crippen LogP contribution in [0.4, 0.5) is 11.6 Å². The zero-order valence-corrected chi connectivity index (χ0v) is 14.3. The molecule has 0 atom stereocenters. The molecule has 0 unspecified atom stereocenters. The summed E-state index contributed by atoms with van der Waals surface area (Å²) in [5.41, 5.74) is 3.56. The monoisotopic (exact) mass is 345 g/mol. The van der Waals surface area contributed by atoms with Gasteiger partial charge in [0.05, 0.1) is 12.2 Å². The van der Waals surface area contributed by atoms with E-state index in [4.69, 9.17) is 0 Å². The Kier molecular flexibility index (Phi) is 4.55. The Morgan fingerprint density at radius 2 is 1.92 bits per heavy atom. The number of pyridine rings is 1. The first-order chi connectivity index (χ1) is 12.8. The average molecular weight is 345 g/mol. The maximum absolute atomic E-state index is 12.5. The van der Waals surface area contributed by atoms with Crippen LogP contribution in [0.1, 0.15) is 28.2 Å². The topological polar surface area (TPSA) is 71.0 Å². The van der Waals surface area contributed by atoms with Gasteiger partial charge in [0.25, 0.3) is 5.91 Å². The second kappa shape index (κ2) is 7.31. The van der Waals surface area contributed by atoms with Gasteiger partial charge in [-0.25, -0.2) is 9.97 Å². The molecule has 4 rings (SSSR count). The number of carbonyl (C=O) groups excluding carboxylic acids is 1. The fourth-order valence-electron chi connectivity index (χ4n) is 3.11. The number of hydrogen-bond acceptors (Lipinski definition) is 5. The zero-order chi connectivity index (χ0) is 17.8. The Hall–Kier alpha value is -3.28. The van der Waals surface area contributed by atoms with Crippen molar-refractivity contribution in [3.8, 4) is 0 Å². The quantitative estimate of drug-likeness (QED) is 0.787. The molecule has 3 heterocycles. The highest BCUT2D eigenvalue weighted by Gasteiger charge is 2.20. The Bertz CT molecular complexity index is 913. The second-order valence-electron chi connectivity index (χ2n) is 6.13. The van der Waals surface area contributed by atoms with Gasteiger partial charge in [-0.2, -0.15) is 0 Å². The van der Waals surface area contributed by atoms with E-state index in [0.29, 0.717) is 18.2 Å². The second-order valence-corrected chi connectivity index (χ2v) is 6.13. The van der Waals surface area contributed by atoms with E-state index in [1.165, 1.54) is 5.56 Å². The number of fused-ring (bicyclic) bond motifs is 1. The van der Waals surface area contributed by atoms with E-state index in [1.807, 2.05) is 30.3 Å². The van der Waals surface area contributed by atoms with Gasteiger partial charge in [0, 0.05) is 24.6 Å². The minimum Gasteiger partial charge on any atom is -0.345 e. The number of amides is 1. The standard InChI is InChI=1S/C20H19N5O/c26-19(23-14-16-8-3-4-11-21-16)17-10-12-22-20(24-17)25-13-5-7-15-6-1-2-9-18(15)25/h1-4,6,8-12H,5,7,13-14H2,(H,23,26). The highest BCUT2D eigenvalue weighted by atomic mass is 16.1. The molecule has 0 radical (unpaired) electrons. The molecule has 130 valence electrons. The summed E-state index contributed by atoms with van der Waals surface area (Å²) >= 11 is 0. The van der Waals surface area contributed by atoms with Gasteiger partial charge in [-0.1, -0.05) is 24.3 Å². The van der Waals surface area contributed by atoms with E-state index in [9.17, 15) is 4.79 Å². The van der Waals surface area contributed by atoms with E-state index < -0.39 is 0 Å². The zero-order valence-electron chi connectivity index (χ0n) is 14.3. The number of para-hydroxylation sites is 1. The molecule has 0 saturated heterocycles. The molecule has 0 aliphatic carbocycles. The van der Waals surface area contributed by atoms with E-state index in [2.05, 4.69) is 37.3 Å². The molecule has 2 aromatic heterocycles. The Morgan fingerprint density at radius 3 is 2.81 bits per heavy atom. The average Bonchev–Trinajstić information content (AvgIpc) is 2.72. The molecule has 0 spiro atoms. The van der Waals surface area contributed by atoms with Crippen LogP contribution in [0, 0.1) is 0 Å². The minimum absolute atomic E-state index is 0.232. The number of rotatable bonds is 4. The van der Waals surface area contributed by atoms with Crippen molar-refractivity contribution in [3.63, 3.8) is 0 Å². The molecule has 0 fully saturated rings. The van der Waals surface area contributed by atoms with Gasteiger partial charge in [-0.05, 0) is 42.7 Å². The Morgan fingerprint density at radius 1 is 1.04 bits per heavy atom. The van der Waals surface area contributed by atoms with Crippen LogP contribution in [0.5, 0.6) is 0 Å². The molecule has 3 aromatic rings. The summed E-state index contributed by atoms with van der Waals surface area (Å²) in [7, 11) is 0. The van der Waals surface area contributed by atoms with Crippen LogP contribution in [0.2, 0.25) is 0 Å². The molecule has 1 aliphatic rings. The number of benzene rings is 1. The maximum atomic E-state index is 12.5. The van der Waals surface area contributed by atoms with Gasteiger partial charge >= 0.3 is 0 Å². The normalized spacial score (nSPS) is 13.2. The first-order valence-electron chi connectivity index (χ1n) is 8.68. The van der Waals surface area contributed by atoms with Crippen molar-refractivity contribution in [2.24, 2.45) is 0 Å². The summed E-state index contributed by atoms with van der Waals surface area (Å²) in [6, 6.07) is 15.5. The van der Waals surface area contributed by atoms with E-state index in [0.717, 1.165) is 30.8 Å². The van der Waals surface area contributed by atoms with Gasteiger partial charge in [-0.3, -0.25) is 9.78 Å². The first kappa shape index (κ1) is 16.2. The van der Waals surface area contributed by atoms with Crippen molar-refractivity contribution >= 4 is 17.5 Å². The third-order valence-corrected chi connectivity index (χ3v) is 4.38. The number of aryl methyl sites for hydroxylation is 1. The van der Waals surface area contributed by atoms with Crippen LogP contribution in [0.15, 0.2) is 60.9 Å². The first-order valence-corrected chi connectivity index (χ1v) is 8.68. The van der Waals surface area contributed by atoms with Gasteiger partial charge in [0.2, 0.25) is 5.95 Å². The molecule has 1 amide bonds. The fraction of sp³-hybridized carbons (Fsp3) is 0.200. The smallest absolute Gasteiger partial charge is 0.270 e. The van der Waals surface area contributed by atoms with E-state index >= 15 is 0 Å². The Labute approximate surface area is 151 Å². The molecule has 6 nitrogen and oxygen atoms in total. The molecular formula is C20H19N5O. The van der Waals surface area contributed by atoms with Crippen LogP contribution in [-0.4, -0.2) is 27.4 Å². The lowest BCUT2D eigenvalue weighted by Gasteiger charge is -2.29. The molecule has 1 N–H and O–H groups in total. The van der Waals surface area contributed by atoms with Crippen LogP contribution in [0.3, 0.4) is 0 Å². The van der Waals surface area contributed by atoms with E-state index in [-0.39, 0.29) is 5.91 Å². The predicted molar refractivity (Wildman–Crippen MR) is 99.2 cm³/mol. The number of carbonyl (C=O) groups is 1. The van der Waals surface area contributed by atoms with E-state index in [1.54, 1.807) is 18.5 Å². The third-order valence-electron chi connectivity index (χ3n) is 4.38. The highest BCUT2D eigenvalue weighted by molar-refractivity contribution is 5.92.